The minimum Gasteiger partial charge on any atom is -0.493 e. The Labute approximate surface area is 138 Å². The molecule has 2 aromatic carbocycles. The standard InChI is InChI=1S/C20H23NO2/c1-15(2)14-23-19-11-9-18(10-12-19)21-20(22)13-8-17-6-4-16(3)5-7-17/h4-13,15H,14H2,1-3H3,(H,21,22). The first-order chi connectivity index (χ1) is 11.0. The van der Waals surface area contributed by atoms with Gasteiger partial charge in [-0.2, -0.15) is 0 Å². The third-order valence-corrected chi connectivity index (χ3v) is 3.21. The molecule has 0 aliphatic rings. The number of benzene rings is 2. The molecular formula is C20H23NO2. The van der Waals surface area contributed by atoms with Crippen LogP contribution in [0.4, 0.5) is 5.69 Å². The topological polar surface area (TPSA) is 38.3 Å². The van der Waals surface area contributed by atoms with Gasteiger partial charge in [-0.15, -0.1) is 0 Å². The summed E-state index contributed by atoms with van der Waals surface area (Å²) < 4.78 is 5.62. The number of carbonyl (C=O) groups is 1. The van der Waals surface area contributed by atoms with Crippen molar-refractivity contribution in [3.63, 3.8) is 0 Å². The SMILES string of the molecule is Cc1ccc(C=CC(=O)Nc2ccc(OCC(C)C)cc2)cc1. The zero-order valence-electron chi connectivity index (χ0n) is 13.9. The van der Waals surface area contributed by atoms with E-state index in [4.69, 9.17) is 4.74 Å². The van der Waals surface area contributed by atoms with Gasteiger partial charge in [-0.25, -0.2) is 0 Å². The van der Waals surface area contributed by atoms with Crippen molar-refractivity contribution in [1.29, 1.82) is 0 Å². The van der Waals surface area contributed by atoms with Crippen molar-refractivity contribution in [2.45, 2.75) is 20.8 Å². The maximum Gasteiger partial charge on any atom is 0.248 e. The molecule has 0 saturated heterocycles. The summed E-state index contributed by atoms with van der Waals surface area (Å²) in [7, 11) is 0. The number of anilines is 1. The van der Waals surface area contributed by atoms with Gasteiger partial charge in [0.05, 0.1) is 6.61 Å². The van der Waals surface area contributed by atoms with E-state index >= 15 is 0 Å². The van der Waals surface area contributed by atoms with Crippen LogP contribution in [-0.2, 0) is 4.79 Å². The van der Waals surface area contributed by atoms with Gasteiger partial charge in [0.1, 0.15) is 5.75 Å². The van der Waals surface area contributed by atoms with Crippen molar-refractivity contribution in [2.24, 2.45) is 5.92 Å². The van der Waals surface area contributed by atoms with Gasteiger partial charge in [-0.05, 0) is 48.7 Å². The largest absolute Gasteiger partial charge is 0.493 e. The summed E-state index contributed by atoms with van der Waals surface area (Å²) >= 11 is 0. The van der Waals surface area contributed by atoms with E-state index in [-0.39, 0.29) is 5.91 Å². The van der Waals surface area contributed by atoms with Crippen LogP contribution in [0.2, 0.25) is 0 Å². The smallest absolute Gasteiger partial charge is 0.248 e. The third-order valence-electron chi connectivity index (χ3n) is 3.21. The molecule has 120 valence electrons. The Bertz CT molecular complexity index is 655. The molecule has 3 heteroatoms. The van der Waals surface area contributed by atoms with Crippen molar-refractivity contribution in [2.75, 3.05) is 11.9 Å². The molecule has 0 bridgehead atoms. The van der Waals surface area contributed by atoms with E-state index in [0.29, 0.717) is 12.5 Å². The number of hydrogen-bond acceptors (Lipinski definition) is 2. The zero-order valence-corrected chi connectivity index (χ0v) is 13.9. The fraction of sp³-hybridized carbons (Fsp3) is 0.250. The highest BCUT2D eigenvalue weighted by Crippen LogP contribution is 2.16. The molecule has 0 aliphatic carbocycles. The average molecular weight is 309 g/mol. The Morgan fingerprint density at radius 3 is 2.35 bits per heavy atom. The normalized spacial score (nSPS) is 11.0. The fourth-order valence-corrected chi connectivity index (χ4v) is 1.93. The monoisotopic (exact) mass is 309 g/mol. The van der Waals surface area contributed by atoms with Gasteiger partial charge in [0.15, 0.2) is 0 Å². The number of nitrogens with one attached hydrogen (secondary N) is 1. The van der Waals surface area contributed by atoms with E-state index in [1.165, 1.54) is 11.6 Å². The van der Waals surface area contributed by atoms with Gasteiger partial charge in [-0.1, -0.05) is 43.7 Å². The first kappa shape index (κ1) is 16.8. The summed E-state index contributed by atoms with van der Waals surface area (Å²) in [5, 5.41) is 2.83. The van der Waals surface area contributed by atoms with E-state index in [1.54, 1.807) is 6.08 Å². The van der Waals surface area contributed by atoms with E-state index in [9.17, 15) is 4.79 Å². The fourth-order valence-electron chi connectivity index (χ4n) is 1.93. The molecule has 0 atom stereocenters. The molecule has 0 aromatic heterocycles. The highest BCUT2D eigenvalue weighted by Gasteiger charge is 2.00. The summed E-state index contributed by atoms with van der Waals surface area (Å²) in [4.78, 5) is 11.9. The average Bonchev–Trinajstić information content (AvgIpc) is 2.53. The summed E-state index contributed by atoms with van der Waals surface area (Å²) in [5.41, 5.74) is 2.95. The van der Waals surface area contributed by atoms with E-state index in [0.717, 1.165) is 17.0 Å². The molecule has 1 amide bonds. The van der Waals surface area contributed by atoms with E-state index < -0.39 is 0 Å². The highest BCUT2D eigenvalue weighted by molar-refractivity contribution is 6.01. The molecule has 3 nitrogen and oxygen atoms in total. The molecule has 0 aliphatic heterocycles. The zero-order chi connectivity index (χ0) is 16.7. The molecule has 1 N–H and O–H groups in total. The lowest BCUT2D eigenvalue weighted by molar-refractivity contribution is -0.111. The van der Waals surface area contributed by atoms with Crippen LogP contribution in [0.25, 0.3) is 6.08 Å². The first-order valence-electron chi connectivity index (χ1n) is 7.81. The molecule has 0 unspecified atom stereocenters. The van der Waals surface area contributed by atoms with Crippen LogP contribution in [0.5, 0.6) is 5.75 Å². The maximum atomic E-state index is 11.9. The van der Waals surface area contributed by atoms with Crippen LogP contribution in [0.15, 0.2) is 54.6 Å². The van der Waals surface area contributed by atoms with Gasteiger partial charge in [0, 0.05) is 11.8 Å². The lowest BCUT2D eigenvalue weighted by Crippen LogP contribution is -2.08. The number of hydrogen-bond donors (Lipinski definition) is 1. The molecule has 2 aromatic rings. The number of rotatable bonds is 6. The van der Waals surface area contributed by atoms with Crippen molar-refractivity contribution < 1.29 is 9.53 Å². The van der Waals surface area contributed by atoms with Gasteiger partial charge in [0.25, 0.3) is 0 Å². The van der Waals surface area contributed by atoms with Gasteiger partial charge >= 0.3 is 0 Å². The van der Waals surface area contributed by atoms with Crippen LogP contribution < -0.4 is 10.1 Å². The van der Waals surface area contributed by atoms with Crippen molar-refractivity contribution in [3.05, 3.63) is 65.7 Å². The predicted molar refractivity (Wildman–Crippen MR) is 95.6 cm³/mol. The molecule has 0 radical (unpaired) electrons. The lowest BCUT2D eigenvalue weighted by Gasteiger charge is -2.09. The second-order valence-electron chi connectivity index (χ2n) is 5.96. The number of amides is 1. The molecule has 0 heterocycles. The van der Waals surface area contributed by atoms with Crippen LogP contribution in [0.1, 0.15) is 25.0 Å². The first-order valence-corrected chi connectivity index (χ1v) is 7.81. The van der Waals surface area contributed by atoms with Crippen LogP contribution >= 0.6 is 0 Å². The van der Waals surface area contributed by atoms with Crippen LogP contribution in [0.3, 0.4) is 0 Å². The van der Waals surface area contributed by atoms with Gasteiger partial charge in [0.2, 0.25) is 5.91 Å². The van der Waals surface area contributed by atoms with Gasteiger partial charge < -0.3 is 10.1 Å². The quantitative estimate of drug-likeness (QED) is 0.787. The minimum absolute atomic E-state index is 0.151. The second-order valence-corrected chi connectivity index (χ2v) is 5.96. The van der Waals surface area contributed by atoms with Gasteiger partial charge in [-0.3, -0.25) is 4.79 Å². The summed E-state index contributed by atoms with van der Waals surface area (Å²) in [5.74, 6) is 1.15. The highest BCUT2D eigenvalue weighted by atomic mass is 16.5. The van der Waals surface area contributed by atoms with Crippen LogP contribution in [0, 0.1) is 12.8 Å². The van der Waals surface area contributed by atoms with Crippen molar-refractivity contribution in [1.82, 2.24) is 0 Å². The minimum atomic E-state index is -0.151. The molecular weight excluding hydrogens is 286 g/mol. The molecule has 0 saturated carbocycles. The molecule has 23 heavy (non-hydrogen) atoms. The Morgan fingerprint density at radius 2 is 1.74 bits per heavy atom. The van der Waals surface area contributed by atoms with Crippen LogP contribution in [-0.4, -0.2) is 12.5 Å². The van der Waals surface area contributed by atoms with Crippen molar-refractivity contribution in [3.8, 4) is 5.75 Å². The van der Waals surface area contributed by atoms with E-state index in [1.807, 2.05) is 55.5 Å². The summed E-state index contributed by atoms with van der Waals surface area (Å²) in [6.07, 6.45) is 3.34. The Balaban J connectivity index is 1.88. The molecule has 0 fully saturated rings. The number of ether oxygens (including phenoxy) is 1. The molecule has 0 spiro atoms. The maximum absolute atomic E-state index is 11.9. The number of carbonyl (C=O) groups excluding carboxylic acids is 1. The lowest BCUT2D eigenvalue weighted by atomic mass is 10.1. The predicted octanol–water partition coefficient (Wildman–Crippen LogP) is 4.68. The molecule has 2 rings (SSSR count). The third kappa shape index (κ3) is 5.99. The Morgan fingerprint density at radius 1 is 1.09 bits per heavy atom. The summed E-state index contributed by atoms with van der Waals surface area (Å²) in [6, 6.07) is 15.4. The second kappa shape index (κ2) is 8.18. The van der Waals surface area contributed by atoms with E-state index in [2.05, 4.69) is 19.2 Å². The number of aryl methyl sites for hydroxylation is 1. The Hall–Kier alpha value is -2.55. The van der Waals surface area contributed by atoms with Crippen molar-refractivity contribution >= 4 is 17.7 Å². The Kier molecular flexibility index (Phi) is 5.98. The summed E-state index contributed by atoms with van der Waals surface area (Å²) in [6.45, 7) is 6.93.